The maximum Gasteiger partial charge on any atom is 0.123 e. The van der Waals surface area contributed by atoms with Gasteiger partial charge in [-0.25, -0.2) is 4.39 Å². The lowest BCUT2D eigenvalue weighted by molar-refractivity contribution is 0.202. The zero-order chi connectivity index (χ0) is 9.97. The maximum absolute atomic E-state index is 13.0. The van der Waals surface area contributed by atoms with Crippen LogP contribution >= 0.6 is 0 Å². The number of hydrogen-bond donors (Lipinski definition) is 1. The molecule has 1 atom stereocenters. The Morgan fingerprint density at radius 2 is 2.36 bits per heavy atom. The molecule has 1 aliphatic rings. The molecule has 0 bridgehead atoms. The van der Waals surface area contributed by atoms with Gasteiger partial charge in [-0.1, -0.05) is 12.1 Å². The molecule has 1 aliphatic heterocycles. The van der Waals surface area contributed by atoms with Gasteiger partial charge in [0.05, 0.1) is 0 Å². The van der Waals surface area contributed by atoms with E-state index in [0.29, 0.717) is 6.04 Å². The van der Waals surface area contributed by atoms with E-state index >= 15 is 0 Å². The van der Waals surface area contributed by atoms with Gasteiger partial charge in [-0.15, -0.1) is 0 Å². The van der Waals surface area contributed by atoms with Gasteiger partial charge >= 0.3 is 0 Å². The Hall–Kier alpha value is -0.930. The predicted molar refractivity (Wildman–Crippen MR) is 54.6 cm³/mol. The Labute approximate surface area is 83.7 Å². The zero-order valence-electron chi connectivity index (χ0n) is 8.33. The monoisotopic (exact) mass is 194 g/mol. The van der Waals surface area contributed by atoms with E-state index in [2.05, 4.69) is 17.3 Å². The predicted octanol–water partition coefficient (Wildman–Crippen LogP) is 1.40. The lowest BCUT2D eigenvalue weighted by Gasteiger charge is -2.33. The molecule has 1 aromatic rings. The summed E-state index contributed by atoms with van der Waals surface area (Å²) in [7, 11) is 2.08. The second-order valence-corrected chi connectivity index (χ2v) is 3.76. The molecule has 1 unspecified atom stereocenters. The average Bonchev–Trinajstić information content (AvgIpc) is 2.18. The highest BCUT2D eigenvalue weighted by atomic mass is 19.1. The Balaban J connectivity index is 2.20. The quantitative estimate of drug-likeness (QED) is 0.727. The van der Waals surface area contributed by atoms with Crippen molar-refractivity contribution in [1.29, 1.82) is 0 Å². The van der Waals surface area contributed by atoms with Crippen LogP contribution in [0.1, 0.15) is 11.6 Å². The van der Waals surface area contributed by atoms with Crippen molar-refractivity contribution in [3.63, 3.8) is 0 Å². The number of hydrogen-bond acceptors (Lipinski definition) is 2. The fourth-order valence-electron chi connectivity index (χ4n) is 1.89. The van der Waals surface area contributed by atoms with Gasteiger partial charge in [0, 0.05) is 25.7 Å². The molecule has 0 amide bonds. The van der Waals surface area contributed by atoms with E-state index in [9.17, 15) is 4.39 Å². The maximum atomic E-state index is 13.0. The first-order valence-electron chi connectivity index (χ1n) is 4.94. The van der Waals surface area contributed by atoms with E-state index < -0.39 is 0 Å². The highest BCUT2D eigenvalue weighted by Gasteiger charge is 2.20. The van der Waals surface area contributed by atoms with Gasteiger partial charge in [0.1, 0.15) is 5.82 Å². The van der Waals surface area contributed by atoms with Crippen LogP contribution < -0.4 is 5.32 Å². The Morgan fingerprint density at radius 3 is 3.07 bits per heavy atom. The number of nitrogens with zero attached hydrogens (tertiary/aromatic N) is 1. The minimum Gasteiger partial charge on any atom is -0.314 e. The third-order valence-electron chi connectivity index (χ3n) is 2.74. The summed E-state index contributed by atoms with van der Waals surface area (Å²) < 4.78 is 13.0. The first-order chi connectivity index (χ1) is 6.77. The summed E-state index contributed by atoms with van der Waals surface area (Å²) in [6.45, 7) is 2.93. The lowest BCUT2D eigenvalue weighted by Crippen LogP contribution is -2.43. The van der Waals surface area contributed by atoms with Crippen molar-refractivity contribution in [2.24, 2.45) is 0 Å². The molecule has 2 rings (SSSR count). The third kappa shape index (κ3) is 1.94. The van der Waals surface area contributed by atoms with Gasteiger partial charge in [0.15, 0.2) is 0 Å². The van der Waals surface area contributed by atoms with Crippen molar-refractivity contribution in [2.75, 3.05) is 26.7 Å². The van der Waals surface area contributed by atoms with Gasteiger partial charge < -0.3 is 5.32 Å². The van der Waals surface area contributed by atoms with Crippen LogP contribution in [0.5, 0.6) is 0 Å². The minimum absolute atomic E-state index is 0.151. The van der Waals surface area contributed by atoms with Crippen LogP contribution in [0.2, 0.25) is 0 Å². The van der Waals surface area contributed by atoms with Crippen molar-refractivity contribution in [3.05, 3.63) is 35.6 Å². The highest BCUT2D eigenvalue weighted by Crippen LogP contribution is 2.20. The summed E-state index contributed by atoms with van der Waals surface area (Å²) in [5.41, 5.74) is 1.06. The highest BCUT2D eigenvalue weighted by molar-refractivity contribution is 5.21. The Bertz CT molecular complexity index is 314. The van der Waals surface area contributed by atoms with Crippen LogP contribution in [0.4, 0.5) is 4.39 Å². The molecule has 1 aromatic carbocycles. The number of piperazine rings is 1. The molecule has 0 saturated carbocycles. The van der Waals surface area contributed by atoms with Crippen LogP contribution in [-0.2, 0) is 0 Å². The summed E-state index contributed by atoms with van der Waals surface area (Å²) >= 11 is 0. The number of rotatable bonds is 1. The Morgan fingerprint density at radius 1 is 1.50 bits per heavy atom. The van der Waals surface area contributed by atoms with E-state index in [1.54, 1.807) is 12.1 Å². The molecule has 0 radical (unpaired) electrons. The number of halogens is 1. The van der Waals surface area contributed by atoms with Gasteiger partial charge in [-0.3, -0.25) is 4.90 Å². The first-order valence-corrected chi connectivity index (χ1v) is 4.94. The topological polar surface area (TPSA) is 15.3 Å². The normalized spacial score (nSPS) is 23.7. The van der Waals surface area contributed by atoms with Crippen LogP contribution in [-0.4, -0.2) is 31.6 Å². The van der Waals surface area contributed by atoms with Crippen molar-refractivity contribution in [1.82, 2.24) is 10.2 Å². The van der Waals surface area contributed by atoms with Crippen molar-refractivity contribution >= 4 is 0 Å². The van der Waals surface area contributed by atoms with Crippen molar-refractivity contribution in [2.45, 2.75) is 6.04 Å². The molecule has 1 fully saturated rings. The largest absolute Gasteiger partial charge is 0.314 e. The number of nitrogens with one attached hydrogen (secondary N) is 1. The number of benzene rings is 1. The SMILES string of the molecule is CN1CCNCC1c1cccc(F)c1. The fraction of sp³-hybridized carbons (Fsp3) is 0.455. The molecule has 0 aliphatic carbocycles. The van der Waals surface area contributed by atoms with Gasteiger partial charge in [-0.05, 0) is 24.7 Å². The van der Waals surface area contributed by atoms with Crippen molar-refractivity contribution < 1.29 is 4.39 Å². The lowest BCUT2D eigenvalue weighted by atomic mass is 10.0. The fourth-order valence-corrected chi connectivity index (χ4v) is 1.89. The van der Waals surface area contributed by atoms with Crippen molar-refractivity contribution in [3.8, 4) is 0 Å². The number of likely N-dealkylation sites (N-methyl/N-ethyl adjacent to an activating group) is 1. The second-order valence-electron chi connectivity index (χ2n) is 3.76. The standard InChI is InChI=1S/C11H15FN2/c1-14-6-5-13-8-11(14)9-3-2-4-10(12)7-9/h2-4,7,11,13H,5-6,8H2,1H3. The molecule has 76 valence electrons. The molecule has 1 heterocycles. The van der Waals surface area contributed by atoms with E-state index in [4.69, 9.17) is 0 Å². The van der Waals surface area contributed by atoms with Crippen LogP contribution in [0, 0.1) is 5.82 Å². The summed E-state index contributed by atoms with van der Waals surface area (Å²) in [5.74, 6) is -0.151. The van der Waals surface area contributed by atoms with E-state index in [-0.39, 0.29) is 5.82 Å². The zero-order valence-corrected chi connectivity index (χ0v) is 8.33. The first kappa shape index (κ1) is 9.62. The van der Waals surface area contributed by atoms with Gasteiger partial charge in [0.2, 0.25) is 0 Å². The van der Waals surface area contributed by atoms with E-state index in [1.807, 2.05) is 6.07 Å². The van der Waals surface area contributed by atoms with Gasteiger partial charge in [0.25, 0.3) is 0 Å². The third-order valence-corrected chi connectivity index (χ3v) is 2.74. The molecule has 1 saturated heterocycles. The molecule has 3 heteroatoms. The molecule has 14 heavy (non-hydrogen) atoms. The van der Waals surface area contributed by atoms with Crippen LogP contribution in [0.25, 0.3) is 0 Å². The van der Waals surface area contributed by atoms with E-state index in [0.717, 1.165) is 25.2 Å². The molecule has 1 N–H and O–H groups in total. The summed E-state index contributed by atoms with van der Waals surface area (Å²) in [4.78, 5) is 2.26. The molecule has 0 aromatic heterocycles. The van der Waals surface area contributed by atoms with Crippen LogP contribution in [0.3, 0.4) is 0 Å². The van der Waals surface area contributed by atoms with Gasteiger partial charge in [-0.2, -0.15) is 0 Å². The molecular weight excluding hydrogens is 179 g/mol. The summed E-state index contributed by atoms with van der Waals surface area (Å²) in [6.07, 6.45) is 0. The second kappa shape index (κ2) is 4.07. The summed E-state index contributed by atoms with van der Waals surface area (Å²) in [5, 5.41) is 3.32. The van der Waals surface area contributed by atoms with Crippen LogP contribution in [0.15, 0.2) is 24.3 Å². The average molecular weight is 194 g/mol. The molecule has 2 nitrogen and oxygen atoms in total. The molecular formula is C11H15FN2. The minimum atomic E-state index is -0.151. The summed E-state index contributed by atoms with van der Waals surface area (Å²) in [6, 6.07) is 7.16. The Kier molecular flexibility index (Phi) is 2.79. The van der Waals surface area contributed by atoms with E-state index in [1.165, 1.54) is 6.07 Å². The molecule has 0 spiro atoms. The smallest absolute Gasteiger partial charge is 0.123 e.